The van der Waals surface area contributed by atoms with Gasteiger partial charge in [0.2, 0.25) is 0 Å². The van der Waals surface area contributed by atoms with Crippen molar-refractivity contribution in [2.75, 3.05) is 26.7 Å². The quantitative estimate of drug-likeness (QED) is 0.586. The van der Waals surface area contributed by atoms with Crippen molar-refractivity contribution in [3.8, 4) is 0 Å². The van der Waals surface area contributed by atoms with Gasteiger partial charge in [-0.3, -0.25) is 0 Å². The number of methoxy groups -OCH3 is 1. The minimum Gasteiger partial charge on any atom is -0.467 e. The number of fused-ring (bicyclic) bond motifs is 1. The van der Waals surface area contributed by atoms with Gasteiger partial charge in [0.1, 0.15) is 17.5 Å². The Hall–Kier alpha value is -3.62. The van der Waals surface area contributed by atoms with Crippen LogP contribution < -0.4 is 5.32 Å². The minimum absolute atomic E-state index is 0.202. The SMILES string of the molecule is COC(=O)C(NC(=O)N1CCc2ccccc2[C@@H]1c1ccc(F)cc1)C1CCN(C(=O)OC(C)(C)C)CC1. The van der Waals surface area contributed by atoms with Crippen LogP contribution in [0.1, 0.15) is 56.3 Å². The maximum Gasteiger partial charge on any atom is 0.410 e. The lowest BCUT2D eigenvalue weighted by atomic mass is 9.88. The van der Waals surface area contributed by atoms with Gasteiger partial charge >= 0.3 is 18.1 Å². The average molecular weight is 526 g/mol. The topological polar surface area (TPSA) is 88.2 Å². The molecule has 1 fully saturated rings. The summed E-state index contributed by atoms with van der Waals surface area (Å²) in [7, 11) is 1.30. The fourth-order valence-electron chi connectivity index (χ4n) is 5.24. The lowest BCUT2D eigenvalue weighted by Crippen LogP contribution is -2.55. The molecule has 9 heteroatoms. The molecule has 2 atom stereocenters. The van der Waals surface area contributed by atoms with Crippen molar-refractivity contribution in [3.63, 3.8) is 0 Å². The highest BCUT2D eigenvalue weighted by atomic mass is 19.1. The second kappa shape index (κ2) is 11.4. The lowest BCUT2D eigenvalue weighted by Gasteiger charge is -2.40. The first-order valence-corrected chi connectivity index (χ1v) is 13.0. The summed E-state index contributed by atoms with van der Waals surface area (Å²) >= 11 is 0. The molecule has 4 rings (SSSR count). The second-order valence-electron chi connectivity index (χ2n) is 10.9. The van der Waals surface area contributed by atoms with E-state index in [1.807, 2.05) is 45.0 Å². The Labute approximate surface area is 223 Å². The third kappa shape index (κ3) is 6.26. The molecule has 2 aliphatic heterocycles. The highest BCUT2D eigenvalue weighted by Gasteiger charge is 2.38. The van der Waals surface area contributed by atoms with Gasteiger partial charge in [-0.15, -0.1) is 0 Å². The molecular weight excluding hydrogens is 489 g/mol. The van der Waals surface area contributed by atoms with Gasteiger partial charge in [0.15, 0.2) is 0 Å². The molecule has 204 valence electrons. The van der Waals surface area contributed by atoms with Gasteiger partial charge in [-0.25, -0.2) is 18.8 Å². The van der Waals surface area contributed by atoms with Gasteiger partial charge in [-0.05, 0) is 74.8 Å². The maximum absolute atomic E-state index is 13.7. The molecule has 2 heterocycles. The zero-order chi connectivity index (χ0) is 27.4. The minimum atomic E-state index is -0.862. The molecule has 2 aromatic rings. The summed E-state index contributed by atoms with van der Waals surface area (Å²) in [4.78, 5) is 42.3. The summed E-state index contributed by atoms with van der Waals surface area (Å²) in [5.41, 5.74) is 2.30. The largest absolute Gasteiger partial charge is 0.467 e. The molecule has 8 nitrogen and oxygen atoms in total. The number of hydrogen-bond donors (Lipinski definition) is 1. The fraction of sp³-hybridized carbons (Fsp3) is 0.483. The van der Waals surface area contributed by atoms with E-state index in [0.29, 0.717) is 38.9 Å². The number of halogens is 1. The Morgan fingerprint density at radius 2 is 1.66 bits per heavy atom. The van der Waals surface area contributed by atoms with Crippen molar-refractivity contribution in [3.05, 3.63) is 71.0 Å². The highest BCUT2D eigenvalue weighted by molar-refractivity contribution is 5.84. The Kier molecular flexibility index (Phi) is 8.23. The fourth-order valence-corrected chi connectivity index (χ4v) is 5.24. The predicted octanol–water partition coefficient (Wildman–Crippen LogP) is 4.67. The normalized spacial score (nSPS) is 18.8. The Morgan fingerprint density at radius 1 is 1.00 bits per heavy atom. The molecule has 1 saturated heterocycles. The van der Waals surface area contributed by atoms with Gasteiger partial charge in [0.25, 0.3) is 0 Å². The molecule has 0 spiro atoms. The second-order valence-corrected chi connectivity index (χ2v) is 10.9. The first-order valence-electron chi connectivity index (χ1n) is 13.0. The molecule has 0 radical (unpaired) electrons. The van der Waals surface area contributed by atoms with Gasteiger partial charge in [-0.1, -0.05) is 36.4 Å². The summed E-state index contributed by atoms with van der Waals surface area (Å²) in [5, 5.41) is 2.94. The van der Waals surface area contributed by atoms with Crippen LogP contribution in [0.5, 0.6) is 0 Å². The molecule has 0 aliphatic carbocycles. The van der Waals surface area contributed by atoms with E-state index in [9.17, 15) is 18.8 Å². The summed E-state index contributed by atoms with van der Waals surface area (Å²) < 4.78 is 24.2. The standard InChI is InChI=1S/C29H36FN3O5/c1-29(2,3)38-28(36)32-16-13-20(14-17-32)24(26(34)37-4)31-27(35)33-18-15-19-7-5-6-8-23(19)25(33)21-9-11-22(30)12-10-21/h5-12,20,24-25H,13-18H2,1-4H3,(H,31,35)/t24?,25-/m0/s1. The number of likely N-dealkylation sites (tertiary alicyclic amines) is 1. The molecular formula is C29H36FN3O5. The summed E-state index contributed by atoms with van der Waals surface area (Å²) in [6.07, 6.45) is 1.31. The number of benzene rings is 2. The number of esters is 1. The molecule has 0 aromatic heterocycles. The van der Waals surface area contributed by atoms with Crippen molar-refractivity contribution < 1.29 is 28.2 Å². The third-order valence-corrected chi connectivity index (χ3v) is 7.13. The molecule has 3 amide bonds. The Morgan fingerprint density at radius 3 is 2.29 bits per heavy atom. The van der Waals surface area contributed by atoms with Crippen LogP contribution in [-0.2, 0) is 20.7 Å². The summed E-state index contributed by atoms with van der Waals surface area (Å²) in [6.45, 7) is 6.72. The number of nitrogens with one attached hydrogen (secondary N) is 1. The van der Waals surface area contributed by atoms with Crippen LogP contribution in [0.4, 0.5) is 14.0 Å². The van der Waals surface area contributed by atoms with Crippen LogP contribution in [0, 0.1) is 11.7 Å². The molecule has 38 heavy (non-hydrogen) atoms. The van der Waals surface area contributed by atoms with Gasteiger partial charge in [0.05, 0.1) is 13.2 Å². The maximum atomic E-state index is 13.7. The van der Waals surface area contributed by atoms with Crippen LogP contribution in [0.15, 0.2) is 48.5 Å². The van der Waals surface area contributed by atoms with Crippen LogP contribution in [-0.4, -0.2) is 66.3 Å². The molecule has 0 bridgehead atoms. The zero-order valence-electron chi connectivity index (χ0n) is 22.4. The highest BCUT2D eigenvalue weighted by Crippen LogP contribution is 2.35. The van der Waals surface area contributed by atoms with E-state index in [4.69, 9.17) is 9.47 Å². The van der Waals surface area contributed by atoms with Crippen molar-refractivity contribution in [2.45, 2.75) is 57.7 Å². The number of piperidine rings is 1. The van der Waals surface area contributed by atoms with E-state index in [2.05, 4.69) is 5.32 Å². The number of urea groups is 1. The monoisotopic (exact) mass is 525 g/mol. The molecule has 2 aromatic carbocycles. The number of nitrogens with zero attached hydrogens (tertiary/aromatic N) is 2. The summed E-state index contributed by atoms with van der Waals surface area (Å²) in [5.74, 6) is -1.08. The van der Waals surface area contributed by atoms with Crippen LogP contribution >= 0.6 is 0 Å². The molecule has 2 aliphatic rings. The predicted molar refractivity (Wildman–Crippen MR) is 140 cm³/mol. The van der Waals surface area contributed by atoms with E-state index < -0.39 is 29.7 Å². The smallest absolute Gasteiger partial charge is 0.410 e. The van der Waals surface area contributed by atoms with E-state index in [0.717, 1.165) is 16.7 Å². The van der Waals surface area contributed by atoms with Crippen molar-refractivity contribution in [2.24, 2.45) is 5.92 Å². The van der Waals surface area contributed by atoms with Gasteiger partial charge in [-0.2, -0.15) is 0 Å². The van der Waals surface area contributed by atoms with E-state index in [1.165, 1.54) is 19.2 Å². The van der Waals surface area contributed by atoms with E-state index >= 15 is 0 Å². The molecule has 0 saturated carbocycles. The van der Waals surface area contributed by atoms with Gasteiger partial charge in [0, 0.05) is 19.6 Å². The first-order chi connectivity index (χ1) is 18.1. The number of rotatable bonds is 4. The lowest BCUT2D eigenvalue weighted by molar-refractivity contribution is -0.144. The number of carbonyl (C=O) groups excluding carboxylic acids is 3. The number of hydrogen-bond acceptors (Lipinski definition) is 5. The third-order valence-electron chi connectivity index (χ3n) is 7.13. The Balaban J connectivity index is 1.51. The first kappa shape index (κ1) is 27.4. The molecule has 1 N–H and O–H groups in total. The molecule has 1 unspecified atom stereocenters. The zero-order valence-corrected chi connectivity index (χ0v) is 22.4. The van der Waals surface area contributed by atoms with Crippen LogP contribution in [0.2, 0.25) is 0 Å². The van der Waals surface area contributed by atoms with E-state index in [-0.39, 0.29) is 17.8 Å². The van der Waals surface area contributed by atoms with E-state index in [1.54, 1.807) is 21.9 Å². The van der Waals surface area contributed by atoms with Crippen molar-refractivity contribution >= 4 is 18.1 Å². The number of carbonyl (C=O) groups is 3. The Bertz CT molecular complexity index is 1160. The van der Waals surface area contributed by atoms with Crippen LogP contribution in [0.25, 0.3) is 0 Å². The average Bonchev–Trinajstić information content (AvgIpc) is 2.90. The van der Waals surface area contributed by atoms with Gasteiger partial charge < -0.3 is 24.6 Å². The number of ether oxygens (including phenoxy) is 2. The summed E-state index contributed by atoms with van der Waals surface area (Å²) in [6, 6.07) is 12.4. The van der Waals surface area contributed by atoms with Crippen molar-refractivity contribution in [1.82, 2.24) is 15.1 Å². The van der Waals surface area contributed by atoms with Crippen molar-refractivity contribution in [1.29, 1.82) is 0 Å². The van der Waals surface area contributed by atoms with Crippen LogP contribution in [0.3, 0.4) is 0 Å². The number of amides is 3.